The van der Waals surface area contributed by atoms with Crippen molar-refractivity contribution in [2.24, 2.45) is 0 Å². The third kappa shape index (κ3) is 4.37. The van der Waals surface area contributed by atoms with Crippen molar-refractivity contribution < 1.29 is 9.53 Å². The van der Waals surface area contributed by atoms with Crippen LogP contribution in [0.2, 0.25) is 10.0 Å². The summed E-state index contributed by atoms with van der Waals surface area (Å²) in [4.78, 5) is 12.8. The highest BCUT2D eigenvalue weighted by atomic mass is 35.5. The minimum absolute atomic E-state index is 0.241. The molecule has 26 heavy (non-hydrogen) atoms. The molecule has 0 saturated heterocycles. The van der Waals surface area contributed by atoms with E-state index in [-0.39, 0.29) is 11.9 Å². The second kappa shape index (κ2) is 8.26. The third-order valence-electron chi connectivity index (χ3n) is 3.88. The van der Waals surface area contributed by atoms with Crippen LogP contribution in [0.5, 0.6) is 11.5 Å². The lowest BCUT2D eigenvalue weighted by atomic mass is 10.1. The van der Waals surface area contributed by atoms with Gasteiger partial charge < -0.3 is 10.1 Å². The Balaban J connectivity index is 1.79. The van der Waals surface area contributed by atoms with Crippen LogP contribution in [0.15, 0.2) is 72.8 Å². The summed E-state index contributed by atoms with van der Waals surface area (Å²) in [6.45, 7) is 1.87. The van der Waals surface area contributed by atoms with Crippen molar-refractivity contribution in [3.05, 3.63) is 94.0 Å². The zero-order chi connectivity index (χ0) is 18.5. The van der Waals surface area contributed by atoms with Crippen molar-refractivity contribution in [3.8, 4) is 11.5 Å². The predicted octanol–water partition coefficient (Wildman–Crippen LogP) is 6.28. The molecule has 0 aliphatic rings. The molecule has 0 fully saturated rings. The van der Waals surface area contributed by atoms with Crippen LogP contribution in [0, 0.1) is 0 Å². The van der Waals surface area contributed by atoms with Gasteiger partial charge in [-0.1, -0.05) is 59.6 Å². The molecular weight excluding hydrogens is 369 g/mol. The molecule has 3 nitrogen and oxygen atoms in total. The van der Waals surface area contributed by atoms with Crippen molar-refractivity contribution in [2.45, 2.75) is 13.0 Å². The standard InChI is InChI=1S/C21H17Cl2NO2/c1-14(17-12-11-15(22)13-19(17)23)24-21(25)18-9-5-6-10-20(18)26-16-7-3-2-4-8-16/h2-14H,1H3,(H,24,25). The zero-order valence-electron chi connectivity index (χ0n) is 14.1. The normalized spacial score (nSPS) is 11.7. The Morgan fingerprint density at radius 3 is 2.38 bits per heavy atom. The molecule has 1 N–H and O–H groups in total. The van der Waals surface area contributed by atoms with Crippen LogP contribution in [0.3, 0.4) is 0 Å². The van der Waals surface area contributed by atoms with Crippen LogP contribution >= 0.6 is 23.2 Å². The van der Waals surface area contributed by atoms with Gasteiger partial charge in [-0.3, -0.25) is 4.79 Å². The van der Waals surface area contributed by atoms with Gasteiger partial charge in [-0.2, -0.15) is 0 Å². The van der Waals surface area contributed by atoms with E-state index in [1.54, 1.807) is 30.3 Å². The van der Waals surface area contributed by atoms with Gasteiger partial charge in [0.15, 0.2) is 0 Å². The second-order valence-corrected chi connectivity index (χ2v) is 6.62. The number of amides is 1. The molecule has 0 aromatic heterocycles. The molecule has 0 aliphatic carbocycles. The molecule has 0 radical (unpaired) electrons. The second-order valence-electron chi connectivity index (χ2n) is 5.77. The van der Waals surface area contributed by atoms with Crippen molar-refractivity contribution in [3.63, 3.8) is 0 Å². The van der Waals surface area contributed by atoms with Gasteiger partial charge >= 0.3 is 0 Å². The van der Waals surface area contributed by atoms with E-state index < -0.39 is 0 Å². The first-order valence-corrected chi connectivity index (χ1v) is 8.88. The number of hydrogen-bond acceptors (Lipinski definition) is 2. The molecule has 0 spiro atoms. The first kappa shape index (κ1) is 18.3. The Morgan fingerprint density at radius 2 is 1.65 bits per heavy atom. The molecule has 0 saturated carbocycles. The molecule has 3 rings (SSSR count). The molecule has 5 heteroatoms. The molecule has 1 unspecified atom stereocenters. The van der Waals surface area contributed by atoms with E-state index in [4.69, 9.17) is 27.9 Å². The monoisotopic (exact) mass is 385 g/mol. The summed E-state index contributed by atoms with van der Waals surface area (Å²) in [6, 6.07) is 21.4. The number of halogens is 2. The smallest absolute Gasteiger partial charge is 0.255 e. The highest BCUT2D eigenvalue weighted by Gasteiger charge is 2.17. The number of carbonyl (C=O) groups excluding carboxylic acids is 1. The number of carbonyl (C=O) groups is 1. The topological polar surface area (TPSA) is 38.3 Å². The largest absolute Gasteiger partial charge is 0.457 e. The first-order valence-electron chi connectivity index (χ1n) is 8.12. The van der Waals surface area contributed by atoms with E-state index in [1.165, 1.54) is 0 Å². The molecular formula is C21H17Cl2NO2. The van der Waals surface area contributed by atoms with E-state index in [1.807, 2.05) is 49.4 Å². The van der Waals surface area contributed by atoms with Gasteiger partial charge in [-0.25, -0.2) is 0 Å². The molecule has 3 aromatic carbocycles. The molecule has 0 bridgehead atoms. The molecule has 0 aliphatic heterocycles. The van der Waals surface area contributed by atoms with Gasteiger partial charge in [0.05, 0.1) is 11.6 Å². The lowest BCUT2D eigenvalue weighted by Gasteiger charge is -2.17. The van der Waals surface area contributed by atoms with Crippen molar-refractivity contribution in [1.29, 1.82) is 0 Å². The summed E-state index contributed by atoms with van der Waals surface area (Å²) >= 11 is 12.2. The van der Waals surface area contributed by atoms with Gasteiger partial charge in [0.2, 0.25) is 0 Å². The van der Waals surface area contributed by atoms with Gasteiger partial charge in [0.25, 0.3) is 5.91 Å². The number of nitrogens with one attached hydrogen (secondary N) is 1. The number of para-hydroxylation sites is 2. The number of rotatable bonds is 5. The third-order valence-corrected chi connectivity index (χ3v) is 4.44. The van der Waals surface area contributed by atoms with Crippen molar-refractivity contribution >= 4 is 29.1 Å². The van der Waals surface area contributed by atoms with E-state index in [9.17, 15) is 4.79 Å². The number of hydrogen-bond donors (Lipinski definition) is 1. The van der Waals surface area contributed by atoms with Crippen LogP contribution in [-0.2, 0) is 0 Å². The summed E-state index contributed by atoms with van der Waals surface area (Å²) < 4.78 is 5.85. The average Bonchev–Trinajstić information content (AvgIpc) is 2.62. The van der Waals surface area contributed by atoms with Gasteiger partial charge in [-0.05, 0) is 48.9 Å². The number of benzene rings is 3. The minimum Gasteiger partial charge on any atom is -0.457 e. The zero-order valence-corrected chi connectivity index (χ0v) is 15.6. The Hall–Kier alpha value is -2.49. The van der Waals surface area contributed by atoms with Crippen LogP contribution in [0.25, 0.3) is 0 Å². The maximum absolute atomic E-state index is 12.8. The minimum atomic E-state index is -0.281. The predicted molar refractivity (Wildman–Crippen MR) is 105 cm³/mol. The Labute approximate surface area is 162 Å². The van der Waals surface area contributed by atoms with Gasteiger partial charge in [0.1, 0.15) is 11.5 Å². The fraction of sp³-hybridized carbons (Fsp3) is 0.0952. The van der Waals surface area contributed by atoms with E-state index in [0.29, 0.717) is 27.1 Å². The lowest BCUT2D eigenvalue weighted by Crippen LogP contribution is -2.27. The lowest BCUT2D eigenvalue weighted by molar-refractivity contribution is 0.0937. The van der Waals surface area contributed by atoms with Crippen LogP contribution in [0.1, 0.15) is 28.9 Å². The quantitative estimate of drug-likeness (QED) is 0.561. The summed E-state index contributed by atoms with van der Waals surface area (Å²) in [7, 11) is 0. The molecule has 3 aromatic rings. The van der Waals surface area contributed by atoms with E-state index in [2.05, 4.69) is 5.32 Å². The fourth-order valence-corrected chi connectivity index (χ4v) is 3.14. The molecule has 0 heterocycles. The van der Waals surface area contributed by atoms with E-state index >= 15 is 0 Å². The molecule has 1 amide bonds. The highest BCUT2D eigenvalue weighted by Crippen LogP contribution is 2.28. The first-order chi connectivity index (χ1) is 12.5. The van der Waals surface area contributed by atoms with Crippen LogP contribution < -0.4 is 10.1 Å². The highest BCUT2D eigenvalue weighted by molar-refractivity contribution is 6.35. The van der Waals surface area contributed by atoms with Gasteiger partial charge in [0, 0.05) is 10.0 Å². The Kier molecular flexibility index (Phi) is 5.82. The SMILES string of the molecule is CC(NC(=O)c1ccccc1Oc1ccccc1)c1ccc(Cl)cc1Cl. The van der Waals surface area contributed by atoms with Crippen LogP contribution in [0.4, 0.5) is 0 Å². The van der Waals surface area contributed by atoms with Crippen molar-refractivity contribution in [1.82, 2.24) is 5.32 Å². The Morgan fingerprint density at radius 1 is 0.962 bits per heavy atom. The molecule has 132 valence electrons. The van der Waals surface area contributed by atoms with Crippen molar-refractivity contribution in [2.75, 3.05) is 0 Å². The number of ether oxygens (including phenoxy) is 1. The Bertz CT molecular complexity index is 913. The summed E-state index contributed by atoms with van der Waals surface area (Å²) in [5.41, 5.74) is 1.25. The van der Waals surface area contributed by atoms with E-state index in [0.717, 1.165) is 5.56 Å². The van der Waals surface area contributed by atoms with Crippen LogP contribution in [-0.4, -0.2) is 5.91 Å². The maximum atomic E-state index is 12.8. The average molecular weight is 386 g/mol. The summed E-state index contributed by atoms with van der Waals surface area (Å²) in [6.07, 6.45) is 0. The summed E-state index contributed by atoms with van der Waals surface area (Å²) in [5, 5.41) is 4.02. The van der Waals surface area contributed by atoms with Gasteiger partial charge in [-0.15, -0.1) is 0 Å². The summed E-state index contributed by atoms with van der Waals surface area (Å²) in [5.74, 6) is 0.919. The fourth-order valence-electron chi connectivity index (χ4n) is 2.56. The molecule has 1 atom stereocenters. The maximum Gasteiger partial charge on any atom is 0.255 e.